The molecular formula is C22H22ClN5O2. The topological polar surface area (TPSA) is 84.3 Å². The smallest absolute Gasteiger partial charge is 0.275 e. The number of H-pyrrole nitrogens is 1. The lowest BCUT2D eigenvalue weighted by molar-refractivity contribution is 0.306. The van der Waals surface area contributed by atoms with Crippen LogP contribution in [0.4, 0.5) is 5.95 Å². The normalized spacial score (nSPS) is 11.0. The van der Waals surface area contributed by atoms with Gasteiger partial charge in [0.2, 0.25) is 11.7 Å². The lowest BCUT2D eigenvalue weighted by Gasteiger charge is -2.09. The zero-order valence-corrected chi connectivity index (χ0v) is 17.3. The van der Waals surface area contributed by atoms with E-state index in [-0.39, 0.29) is 5.56 Å². The molecule has 0 saturated carbocycles. The van der Waals surface area contributed by atoms with Crippen LogP contribution in [-0.4, -0.2) is 19.6 Å². The number of aromatic amines is 1. The Kier molecular flexibility index (Phi) is 5.99. The third-order valence-corrected chi connectivity index (χ3v) is 4.97. The van der Waals surface area contributed by atoms with Gasteiger partial charge in [-0.1, -0.05) is 61.3 Å². The average molecular weight is 424 g/mol. The summed E-state index contributed by atoms with van der Waals surface area (Å²) in [5.41, 5.74) is 2.61. The minimum absolute atomic E-state index is 0.203. The van der Waals surface area contributed by atoms with Gasteiger partial charge in [0.25, 0.3) is 5.56 Å². The molecule has 0 fully saturated rings. The van der Waals surface area contributed by atoms with Crippen LogP contribution in [0, 0.1) is 0 Å². The highest BCUT2D eigenvalue weighted by molar-refractivity contribution is 6.31. The maximum atomic E-state index is 12.2. The summed E-state index contributed by atoms with van der Waals surface area (Å²) < 4.78 is 7.06. The Balaban J connectivity index is 1.42. The maximum absolute atomic E-state index is 12.2. The number of fused-ring (bicyclic) bond motifs is 1. The summed E-state index contributed by atoms with van der Waals surface area (Å²) in [4.78, 5) is 19.7. The largest absolute Gasteiger partial charge is 0.489 e. The van der Waals surface area contributed by atoms with E-state index in [0.717, 1.165) is 29.7 Å². The standard InChI is InChI=1S/C22H22ClN5O2/c1-2-6-17-11-20(29)28-22(25-17)26-21(27-28)24-13-16-9-10-18(12-19(16)23)30-14-15-7-4-3-5-8-15/h3-5,7-12H,2,6,13-14H2,1H3,(H2,24,25,26,27). The number of aryl methyl sites for hydroxylation is 1. The van der Waals surface area contributed by atoms with Gasteiger partial charge in [0.05, 0.1) is 0 Å². The number of anilines is 1. The van der Waals surface area contributed by atoms with E-state index < -0.39 is 0 Å². The van der Waals surface area contributed by atoms with Gasteiger partial charge in [0, 0.05) is 23.3 Å². The third-order valence-electron chi connectivity index (χ3n) is 4.62. The molecule has 4 aromatic rings. The molecule has 2 heterocycles. The highest BCUT2D eigenvalue weighted by Gasteiger charge is 2.09. The Bertz CT molecular complexity index is 1200. The predicted molar refractivity (Wildman–Crippen MR) is 117 cm³/mol. The van der Waals surface area contributed by atoms with Crippen molar-refractivity contribution in [3.8, 4) is 5.75 Å². The molecule has 154 valence electrons. The lowest BCUT2D eigenvalue weighted by atomic mass is 10.2. The van der Waals surface area contributed by atoms with Crippen LogP contribution in [0.1, 0.15) is 30.2 Å². The van der Waals surface area contributed by atoms with E-state index in [1.807, 2.05) is 42.5 Å². The molecule has 7 nitrogen and oxygen atoms in total. The van der Waals surface area contributed by atoms with E-state index in [0.29, 0.717) is 35.6 Å². The van der Waals surface area contributed by atoms with Crippen molar-refractivity contribution in [1.29, 1.82) is 0 Å². The molecular weight excluding hydrogens is 402 g/mol. The van der Waals surface area contributed by atoms with Gasteiger partial charge in [-0.25, -0.2) is 0 Å². The molecule has 0 radical (unpaired) electrons. The fraction of sp³-hybridized carbons (Fsp3) is 0.227. The summed E-state index contributed by atoms with van der Waals surface area (Å²) in [5.74, 6) is 1.48. The average Bonchev–Trinajstić information content (AvgIpc) is 3.16. The number of nitrogens with one attached hydrogen (secondary N) is 2. The molecule has 0 bridgehead atoms. The number of benzene rings is 2. The summed E-state index contributed by atoms with van der Waals surface area (Å²) in [5, 5.41) is 7.92. The Morgan fingerprint density at radius 3 is 2.77 bits per heavy atom. The molecule has 8 heteroatoms. The first kappa shape index (κ1) is 20.0. The number of ether oxygens (including phenoxy) is 1. The predicted octanol–water partition coefficient (Wildman–Crippen LogP) is 4.21. The quantitative estimate of drug-likeness (QED) is 0.443. The highest BCUT2D eigenvalue weighted by atomic mass is 35.5. The molecule has 30 heavy (non-hydrogen) atoms. The van der Waals surface area contributed by atoms with Crippen molar-refractivity contribution < 1.29 is 4.74 Å². The van der Waals surface area contributed by atoms with Crippen LogP contribution < -0.4 is 15.6 Å². The van der Waals surface area contributed by atoms with Crippen LogP contribution in [0.25, 0.3) is 5.78 Å². The van der Waals surface area contributed by atoms with Crippen LogP contribution >= 0.6 is 11.6 Å². The van der Waals surface area contributed by atoms with Crippen molar-refractivity contribution in [2.45, 2.75) is 32.9 Å². The fourth-order valence-corrected chi connectivity index (χ4v) is 3.33. The number of nitrogens with zero attached hydrogens (tertiary/aromatic N) is 3. The molecule has 2 N–H and O–H groups in total. The number of rotatable bonds is 8. The lowest BCUT2D eigenvalue weighted by Crippen LogP contribution is -2.15. The fourth-order valence-electron chi connectivity index (χ4n) is 3.09. The van der Waals surface area contributed by atoms with E-state index in [2.05, 4.69) is 27.3 Å². The van der Waals surface area contributed by atoms with E-state index in [9.17, 15) is 4.79 Å². The first-order chi connectivity index (χ1) is 14.6. The molecule has 0 amide bonds. The molecule has 0 saturated heterocycles. The zero-order chi connectivity index (χ0) is 20.9. The van der Waals surface area contributed by atoms with Crippen LogP contribution in [0.2, 0.25) is 5.02 Å². The van der Waals surface area contributed by atoms with Gasteiger partial charge < -0.3 is 15.0 Å². The van der Waals surface area contributed by atoms with Gasteiger partial charge in [-0.3, -0.25) is 4.79 Å². The first-order valence-electron chi connectivity index (χ1n) is 9.80. The van der Waals surface area contributed by atoms with Crippen molar-refractivity contribution in [1.82, 2.24) is 19.6 Å². The van der Waals surface area contributed by atoms with Crippen molar-refractivity contribution in [3.63, 3.8) is 0 Å². The SMILES string of the molecule is CCCc1cc(=O)n2nc(NCc3ccc(OCc4ccccc4)cc3Cl)nc2[nH]1. The Morgan fingerprint density at radius 2 is 2.00 bits per heavy atom. The first-order valence-corrected chi connectivity index (χ1v) is 10.2. The Labute approximate surface area is 178 Å². The number of aromatic nitrogens is 4. The van der Waals surface area contributed by atoms with Crippen molar-refractivity contribution in [2.75, 3.05) is 5.32 Å². The van der Waals surface area contributed by atoms with E-state index in [1.165, 1.54) is 4.52 Å². The highest BCUT2D eigenvalue weighted by Crippen LogP contribution is 2.24. The zero-order valence-electron chi connectivity index (χ0n) is 16.6. The molecule has 0 aliphatic rings. The molecule has 0 spiro atoms. The monoisotopic (exact) mass is 423 g/mol. The minimum Gasteiger partial charge on any atom is -0.489 e. The van der Waals surface area contributed by atoms with Gasteiger partial charge >= 0.3 is 0 Å². The summed E-state index contributed by atoms with van der Waals surface area (Å²) >= 11 is 6.41. The second-order valence-corrected chi connectivity index (χ2v) is 7.34. The molecule has 0 aliphatic heterocycles. The molecule has 0 atom stereocenters. The summed E-state index contributed by atoms with van der Waals surface area (Å²) in [6, 6.07) is 17.1. The van der Waals surface area contributed by atoms with Gasteiger partial charge in [-0.2, -0.15) is 9.50 Å². The van der Waals surface area contributed by atoms with E-state index in [1.54, 1.807) is 12.1 Å². The molecule has 0 unspecified atom stereocenters. The summed E-state index contributed by atoms with van der Waals surface area (Å²) in [6.07, 6.45) is 1.73. The van der Waals surface area contributed by atoms with Crippen LogP contribution in [-0.2, 0) is 19.6 Å². The number of hydrogen-bond donors (Lipinski definition) is 2. The molecule has 2 aromatic heterocycles. The van der Waals surface area contributed by atoms with Crippen molar-refractivity contribution >= 4 is 23.3 Å². The second-order valence-electron chi connectivity index (χ2n) is 6.93. The van der Waals surface area contributed by atoms with Crippen LogP contribution in [0.15, 0.2) is 59.4 Å². The minimum atomic E-state index is -0.203. The number of hydrogen-bond acceptors (Lipinski definition) is 5. The van der Waals surface area contributed by atoms with Crippen LogP contribution in [0.5, 0.6) is 5.75 Å². The van der Waals surface area contributed by atoms with Gasteiger partial charge in [0.1, 0.15) is 12.4 Å². The van der Waals surface area contributed by atoms with E-state index >= 15 is 0 Å². The number of halogens is 1. The molecule has 4 rings (SSSR count). The van der Waals surface area contributed by atoms with Gasteiger partial charge in [0.15, 0.2) is 0 Å². The second kappa shape index (κ2) is 9.00. The summed E-state index contributed by atoms with van der Waals surface area (Å²) in [7, 11) is 0. The third kappa shape index (κ3) is 4.63. The molecule has 2 aromatic carbocycles. The van der Waals surface area contributed by atoms with Crippen molar-refractivity contribution in [3.05, 3.63) is 86.8 Å². The van der Waals surface area contributed by atoms with Crippen molar-refractivity contribution in [2.24, 2.45) is 0 Å². The van der Waals surface area contributed by atoms with Gasteiger partial charge in [-0.05, 0) is 29.7 Å². The van der Waals surface area contributed by atoms with E-state index in [4.69, 9.17) is 16.3 Å². The maximum Gasteiger partial charge on any atom is 0.275 e. The molecule has 0 aliphatic carbocycles. The Morgan fingerprint density at radius 1 is 1.17 bits per heavy atom. The Hall–Kier alpha value is -3.32. The summed E-state index contributed by atoms with van der Waals surface area (Å²) in [6.45, 7) is 2.96. The van der Waals surface area contributed by atoms with Gasteiger partial charge in [-0.15, -0.1) is 5.10 Å². The van der Waals surface area contributed by atoms with Crippen LogP contribution in [0.3, 0.4) is 0 Å².